The van der Waals surface area contributed by atoms with Gasteiger partial charge in [-0.1, -0.05) is 25.0 Å². The molecule has 1 saturated heterocycles. The number of sulfonamides is 1. The zero-order valence-electron chi connectivity index (χ0n) is 17.2. The molecule has 0 aromatic heterocycles. The van der Waals surface area contributed by atoms with Crippen molar-refractivity contribution < 1.29 is 22.3 Å². The van der Waals surface area contributed by atoms with Crippen LogP contribution in [0, 0.1) is 5.82 Å². The summed E-state index contributed by atoms with van der Waals surface area (Å²) < 4.78 is 46.9. The highest BCUT2D eigenvalue weighted by Crippen LogP contribution is 2.26. The van der Waals surface area contributed by atoms with E-state index in [2.05, 4.69) is 4.72 Å². The first-order valence-corrected chi connectivity index (χ1v) is 11.6. The van der Waals surface area contributed by atoms with Gasteiger partial charge in [0.15, 0.2) is 0 Å². The number of nitrogens with one attached hydrogen (secondary N) is 1. The van der Waals surface area contributed by atoms with Crippen LogP contribution in [0.15, 0.2) is 47.4 Å². The van der Waals surface area contributed by atoms with E-state index in [0.717, 1.165) is 25.7 Å². The molecule has 0 saturated carbocycles. The molecule has 162 valence electrons. The van der Waals surface area contributed by atoms with Crippen LogP contribution in [0.1, 0.15) is 54.6 Å². The fraction of sp³-hybridized carbons (Fsp3) is 0.409. The summed E-state index contributed by atoms with van der Waals surface area (Å²) in [6, 6.07) is 9.35. The lowest BCUT2D eigenvalue weighted by molar-refractivity contribution is 0.0758. The molecule has 0 bridgehead atoms. The molecular formula is C22H27FN2O4S. The molecule has 0 spiro atoms. The van der Waals surface area contributed by atoms with Crippen LogP contribution < -0.4 is 9.46 Å². The molecular weight excluding hydrogens is 407 g/mol. The number of amides is 1. The predicted octanol–water partition coefficient (Wildman–Crippen LogP) is 3.89. The Hall–Kier alpha value is -2.45. The van der Waals surface area contributed by atoms with E-state index in [1.54, 1.807) is 11.8 Å². The van der Waals surface area contributed by atoms with Gasteiger partial charge in [0.1, 0.15) is 11.6 Å². The van der Waals surface area contributed by atoms with E-state index in [-0.39, 0.29) is 22.2 Å². The van der Waals surface area contributed by atoms with Crippen LogP contribution in [0.5, 0.6) is 5.75 Å². The molecule has 1 aliphatic rings. The number of rotatable bonds is 6. The molecule has 2 aromatic rings. The van der Waals surface area contributed by atoms with Crippen molar-refractivity contribution in [2.24, 2.45) is 0 Å². The number of carbonyl (C=O) groups excluding carboxylic acids is 1. The van der Waals surface area contributed by atoms with E-state index < -0.39 is 16.1 Å². The van der Waals surface area contributed by atoms with Crippen LogP contribution in [-0.2, 0) is 10.0 Å². The maximum atomic E-state index is 13.1. The number of methoxy groups -OCH3 is 1. The number of nitrogens with zero attached hydrogens (tertiary/aromatic N) is 1. The fourth-order valence-electron chi connectivity index (χ4n) is 3.59. The van der Waals surface area contributed by atoms with E-state index in [0.29, 0.717) is 24.4 Å². The van der Waals surface area contributed by atoms with E-state index >= 15 is 0 Å². The minimum atomic E-state index is -3.91. The van der Waals surface area contributed by atoms with Crippen LogP contribution in [0.3, 0.4) is 0 Å². The van der Waals surface area contributed by atoms with Crippen LogP contribution in [-0.4, -0.2) is 39.4 Å². The molecule has 2 aromatic carbocycles. The SMILES string of the molecule is COc1ccc(S(=O)(=O)N[C@@H](C)c2ccc(F)cc2)cc1C(=O)N1CCCCCC1. The van der Waals surface area contributed by atoms with Crippen LogP contribution in [0.4, 0.5) is 4.39 Å². The third kappa shape index (κ3) is 5.17. The van der Waals surface area contributed by atoms with E-state index in [9.17, 15) is 17.6 Å². The summed E-state index contributed by atoms with van der Waals surface area (Å²) in [7, 11) is -2.45. The summed E-state index contributed by atoms with van der Waals surface area (Å²) in [5, 5.41) is 0. The summed E-state index contributed by atoms with van der Waals surface area (Å²) in [5.74, 6) is -0.271. The number of hydrogen-bond acceptors (Lipinski definition) is 4. The Balaban J connectivity index is 1.86. The van der Waals surface area contributed by atoms with Crippen molar-refractivity contribution in [3.63, 3.8) is 0 Å². The largest absolute Gasteiger partial charge is 0.496 e. The topological polar surface area (TPSA) is 75.7 Å². The van der Waals surface area contributed by atoms with Gasteiger partial charge in [0, 0.05) is 19.1 Å². The highest BCUT2D eigenvalue weighted by atomic mass is 32.2. The van der Waals surface area contributed by atoms with Crippen LogP contribution in [0.25, 0.3) is 0 Å². The summed E-state index contributed by atoms with van der Waals surface area (Å²) in [6.45, 7) is 2.98. The Kier molecular flexibility index (Phi) is 7.10. The third-order valence-corrected chi connectivity index (χ3v) is 6.85. The molecule has 1 heterocycles. The molecule has 1 amide bonds. The van der Waals surface area contributed by atoms with E-state index in [4.69, 9.17) is 4.74 Å². The predicted molar refractivity (Wildman–Crippen MR) is 113 cm³/mol. The van der Waals surface area contributed by atoms with Crippen molar-refractivity contribution in [1.29, 1.82) is 0 Å². The zero-order valence-corrected chi connectivity index (χ0v) is 18.0. The number of carbonyl (C=O) groups is 1. The molecule has 3 rings (SSSR count). The molecule has 0 aliphatic carbocycles. The summed E-state index contributed by atoms with van der Waals surface area (Å²) >= 11 is 0. The van der Waals surface area contributed by atoms with Crippen molar-refractivity contribution in [3.05, 3.63) is 59.4 Å². The molecule has 30 heavy (non-hydrogen) atoms. The van der Waals surface area contributed by atoms with Crippen molar-refractivity contribution in [2.45, 2.75) is 43.5 Å². The number of hydrogen-bond donors (Lipinski definition) is 1. The summed E-state index contributed by atoms with van der Waals surface area (Å²) in [6.07, 6.45) is 4.03. The van der Waals surface area contributed by atoms with Gasteiger partial charge in [0.05, 0.1) is 17.6 Å². The average molecular weight is 435 g/mol. The molecule has 1 N–H and O–H groups in total. The van der Waals surface area contributed by atoms with Gasteiger partial charge >= 0.3 is 0 Å². The van der Waals surface area contributed by atoms with Gasteiger partial charge < -0.3 is 9.64 Å². The standard InChI is InChI=1S/C22H27FN2O4S/c1-16(17-7-9-18(23)10-8-17)24-30(27,28)19-11-12-21(29-2)20(15-19)22(26)25-13-5-3-4-6-14-25/h7-12,15-16,24H,3-6,13-14H2,1-2H3/t16-/m0/s1. The van der Waals surface area contributed by atoms with Crippen LogP contribution >= 0.6 is 0 Å². The van der Waals surface area contributed by atoms with Crippen molar-refractivity contribution in [1.82, 2.24) is 9.62 Å². The molecule has 1 fully saturated rings. The van der Waals surface area contributed by atoms with Crippen molar-refractivity contribution >= 4 is 15.9 Å². The maximum absolute atomic E-state index is 13.1. The lowest BCUT2D eigenvalue weighted by Crippen LogP contribution is -2.32. The first-order valence-electron chi connectivity index (χ1n) is 10.1. The highest BCUT2D eigenvalue weighted by Gasteiger charge is 2.25. The monoisotopic (exact) mass is 434 g/mol. The number of halogens is 1. The Labute approximate surface area is 177 Å². The third-order valence-electron chi connectivity index (χ3n) is 5.31. The smallest absolute Gasteiger partial charge is 0.257 e. The first-order chi connectivity index (χ1) is 14.3. The Morgan fingerprint density at radius 3 is 2.30 bits per heavy atom. The lowest BCUT2D eigenvalue weighted by atomic mass is 10.1. The second-order valence-electron chi connectivity index (χ2n) is 7.46. The minimum Gasteiger partial charge on any atom is -0.496 e. The zero-order chi connectivity index (χ0) is 21.7. The maximum Gasteiger partial charge on any atom is 0.257 e. The molecule has 0 unspecified atom stereocenters. The van der Waals surface area contributed by atoms with Crippen molar-refractivity contribution in [3.8, 4) is 5.75 Å². The first kappa shape index (κ1) is 22.2. The molecule has 1 atom stereocenters. The van der Waals surface area contributed by atoms with Gasteiger partial charge in [-0.2, -0.15) is 0 Å². The second kappa shape index (κ2) is 9.57. The minimum absolute atomic E-state index is 0.0181. The van der Waals surface area contributed by atoms with Crippen LogP contribution in [0.2, 0.25) is 0 Å². The number of ether oxygens (including phenoxy) is 1. The van der Waals surface area contributed by atoms with Gasteiger partial charge in [-0.3, -0.25) is 4.79 Å². The highest BCUT2D eigenvalue weighted by molar-refractivity contribution is 7.89. The number of benzene rings is 2. The van der Waals surface area contributed by atoms with Gasteiger partial charge in [0.25, 0.3) is 5.91 Å². The van der Waals surface area contributed by atoms with Gasteiger partial charge in [0.2, 0.25) is 10.0 Å². The Bertz CT molecular complexity index is 985. The van der Waals surface area contributed by atoms with E-state index in [1.165, 1.54) is 49.6 Å². The average Bonchev–Trinajstić information content (AvgIpc) is 3.02. The number of likely N-dealkylation sites (tertiary alicyclic amines) is 1. The van der Waals surface area contributed by atoms with Crippen molar-refractivity contribution in [2.75, 3.05) is 20.2 Å². The quantitative estimate of drug-likeness (QED) is 0.748. The normalized spacial score (nSPS) is 16.0. The molecule has 6 nitrogen and oxygen atoms in total. The van der Waals surface area contributed by atoms with Gasteiger partial charge in [-0.05, 0) is 55.7 Å². The Morgan fingerprint density at radius 2 is 1.70 bits per heavy atom. The fourth-order valence-corrected chi connectivity index (χ4v) is 4.84. The van der Waals surface area contributed by atoms with Gasteiger partial charge in [-0.25, -0.2) is 17.5 Å². The second-order valence-corrected chi connectivity index (χ2v) is 9.18. The summed E-state index contributed by atoms with van der Waals surface area (Å²) in [5.41, 5.74) is 0.867. The lowest BCUT2D eigenvalue weighted by Gasteiger charge is -2.22. The van der Waals surface area contributed by atoms with E-state index in [1.807, 2.05) is 0 Å². The Morgan fingerprint density at radius 1 is 1.07 bits per heavy atom. The molecule has 0 radical (unpaired) electrons. The molecule has 1 aliphatic heterocycles. The van der Waals surface area contributed by atoms with Gasteiger partial charge in [-0.15, -0.1) is 0 Å². The summed E-state index contributed by atoms with van der Waals surface area (Å²) in [4.78, 5) is 14.8. The molecule has 8 heteroatoms.